The van der Waals surface area contributed by atoms with E-state index in [4.69, 9.17) is 0 Å². The lowest BCUT2D eigenvalue weighted by Gasteiger charge is -2.07. The number of hydrogen-bond acceptors (Lipinski definition) is 4. The van der Waals surface area contributed by atoms with Crippen LogP contribution in [0.15, 0.2) is 22.8 Å². The van der Waals surface area contributed by atoms with Crippen molar-refractivity contribution in [1.29, 1.82) is 0 Å². The Morgan fingerprint density at radius 1 is 1.53 bits per heavy atom. The number of nitrogens with one attached hydrogen (secondary N) is 2. The Morgan fingerprint density at radius 2 is 2.29 bits per heavy atom. The fraction of sp³-hybridized carbons (Fsp3) is 0.300. The number of halogens is 1. The molecule has 0 atom stereocenters. The molecule has 92 valence electrons. The van der Waals surface area contributed by atoms with Gasteiger partial charge in [-0.25, -0.2) is 9.78 Å². The zero-order valence-electron chi connectivity index (χ0n) is 9.20. The Bertz CT molecular complexity index is 412. The van der Waals surface area contributed by atoms with Crippen LogP contribution in [0.3, 0.4) is 0 Å². The van der Waals surface area contributed by atoms with E-state index < -0.39 is 12.0 Å². The zero-order chi connectivity index (χ0) is 12.7. The van der Waals surface area contributed by atoms with Gasteiger partial charge in [-0.15, -0.1) is 0 Å². The largest absolute Gasteiger partial charge is 0.465 e. The molecule has 0 bridgehead atoms. The van der Waals surface area contributed by atoms with Crippen LogP contribution in [0, 0.1) is 0 Å². The number of ether oxygens (including phenoxy) is 1. The quantitative estimate of drug-likeness (QED) is 0.827. The second-order valence-electron chi connectivity index (χ2n) is 2.95. The second-order valence-corrected chi connectivity index (χ2v) is 3.80. The molecule has 0 aliphatic rings. The van der Waals surface area contributed by atoms with Crippen molar-refractivity contribution in [2.45, 2.75) is 6.92 Å². The van der Waals surface area contributed by atoms with E-state index in [-0.39, 0.29) is 13.2 Å². The molecule has 0 radical (unpaired) electrons. The third-order valence-corrected chi connectivity index (χ3v) is 2.33. The summed E-state index contributed by atoms with van der Waals surface area (Å²) in [5, 5.41) is 4.85. The highest BCUT2D eigenvalue weighted by atomic mass is 79.9. The highest BCUT2D eigenvalue weighted by Gasteiger charge is 2.08. The highest BCUT2D eigenvalue weighted by Crippen LogP contribution is 2.17. The molecule has 1 rings (SSSR count). The Hall–Kier alpha value is -1.63. The lowest BCUT2D eigenvalue weighted by Crippen LogP contribution is -2.34. The van der Waals surface area contributed by atoms with Gasteiger partial charge in [-0.05, 0) is 35.0 Å². The van der Waals surface area contributed by atoms with Gasteiger partial charge in [0, 0.05) is 6.20 Å². The van der Waals surface area contributed by atoms with Gasteiger partial charge in [0.05, 0.1) is 11.1 Å². The summed E-state index contributed by atoms with van der Waals surface area (Å²) in [6, 6.07) is 2.96. The third kappa shape index (κ3) is 4.81. The number of pyridine rings is 1. The summed E-state index contributed by atoms with van der Waals surface area (Å²) in [6.45, 7) is 1.81. The van der Waals surface area contributed by atoms with Gasteiger partial charge >= 0.3 is 12.0 Å². The zero-order valence-corrected chi connectivity index (χ0v) is 10.8. The van der Waals surface area contributed by atoms with E-state index in [0.717, 1.165) is 0 Å². The summed E-state index contributed by atoms with van der Waals surface area (Å²) in [5.74, 6) is -0.100. The number of esters is 1. The standard InChI is InChI=1S/C10H12BrN3O3/c1-2-17-8(15)6-13-10(16)14-9-7(11)4-3-5-12-9/h3-5H,2,6H2,1H3,(H2,12,13,14,16). The molecule has 2 amide bonds. The van der Waals surface area contributed by atoms with Crippen LogP contribution in [0.5, 0.6) is 0 Å². The Labute approximate surface area is 107 Å². The van der Waals surface area contributed by atoms with Crippen molar-refractivity contribution in [3.8, 4) is 0 Å². The van der Waals surface area contributed by atoms with E-state index in [9.17, 15) is 9.59 Å². The van der Waals surface area contributed by atoms with Crippen molar-refractivity contribution < 1.29 is 14.3 Å². The molecule has 0 aliphatic heterocycles. The highest BCUT2D eigenvalue weighted by molar-refractivity contribution is 9.10. The molecular weight excluding hydrogens is 290 g/mol. The van der Waals surface area contributed by atoms with Crippen LogP contribution in [0.25, 0.3) is 0 Å². The van der Waals surface area contributed by atoms with Crippen LogP contribution in [0.4, 0.5) is 10.6 Å². The number of amides is 2. The van der Waals surface area contributed by atoms with Gasteiger partial charge in [-0.1, -0.05) is 0 Å². The number of rotatable bonds is 4. The van der Waals surface area contributed by atoms with E-state index in [1.54, 1.807) is 25.3 Å². The Kier molecular flexibility index (Phi) is 5.41. The number of aromatic nitrogens is 1. The first-order chi connectivity index (χ1) is 8.13. The van der Waals surface area contributed by atoms with Crippen molar-refractivity contribution in [2.24, 2.45) is 0 Å². The second kappa shape index (κ2) is 6.85. The Balaban J connectivity index is 2.40. The Morgan fingerprint density at radius 3 is 2.94 bits per heavy atom. The van der Waals surface area contributed by atoms with Crippen molar-refractivity contribution in [3.05, 3.63) is 22.8 Å². The van der Waals surface area contributed by atoms with E-state index in [2.05, 4.69) is 36.3 Å². The first kappa shape index (κ1) is 13.4. The monoisotopic (exact) mass is 301 g/mol. The average molecular weight is 302 g/mol. The van der Waals surface area contributed by atoms with Crippen LogP contribution in [-0.2, 0) is 9.53 Å². The molecule has 0 unspecified atom stereocenters. The van der Waals surface area contributed by atoms with Gasteiger partial charge in [0.15, 0.2) is 0 Å². The predicted octanol–water partition coefficient (Wildman–Crippen LogP) is 1.53. The first-order valence-electron chi connectivity index (χ1n) is 4.94. The molecule has 0 fully saturated rings. The third-order valence-electron chi connectivity index (χ3n) is 1.69. The molecule has 0 spiro atoms. The summed E-state index contributed by atoms with van der Waals surface area (Å²) in [5.41, 5.74) is 0. The molecule has 17 heavy (non-hydrogen) atoms. The maximum Gasteiger partial charge on any atom is 0.325 e. The van der Waals surface area contributed by atoms with Crippen LogP contribution >= 0.6 is 15.9 Å². The minimum atomic E-state index is -0.516. The number of nitrogens with zero attached hydrogens (tertiary/aromatic N) is 1. The summed E-state index contributed by atoms with van der Waals surface area (Å²) in [4.78, 5) is 26.3. The van der Waals surface area contributed by atoms with Gasteiger partial charge in [0.2, 0.25) is 0 Å². The van der Waals surface area contributed by atoms with Gasteiger partial charge in [-0.2, -0.15) is 0 Å². The van der Waals surface area contributed by atoms with Gasteiger partial charge < -0.3 is 10.1 Å². The lowest BCUT2D eigenvalue weighted by atomic mass is 10.5. The van der Waals surface area contributed by atoms with Crippen molar-refractivity contribution >= 4 is 33.7 Å². The number of urea groups is 1. The molecule has 7 heteroatoms. The van der Waals surface area contributed by atoms with Gasteiger partial charge in [0.1, 0.15) is 12.4 Å². The minimum Gasteiger partial charge on any atom is -0.465 e. The van der Waals surface area contributed by atoms with Crippen molar-refractivity contribution in [3.63, 3.8) is 0 Å². The summed E-state index contributed by atoms with van der Waals surface area (Å²) in [7, 11) is 0. The SMILES string of the molecule is CCOC(=O)CNC(=O)Nc1ncccc1Br. The molecule has 0 aliphatic carbocycles. The number of carbonyl (C=O) groups is 2. The predicted molar refractivity (Wildman–Crippen MR) is 65.6 cm³/mol. The van der Waals surface area contributed by atoms with E-state index in [1.807, 2.05) is 0 Å². The maximum atomic E-state index is 11.4. The van der Waals surface area contributed by atoms with Crippen molar-refractivity contribution in [1.82, 2.24) is 10.3 Å². The van der Waals surface area contributed by atoms with Gasteiger partial charge in [0.25, 0.3) is 0 Å². The summed E-state index contributed by atoms with van der Waals surface area (Å²) < 4.78 is 5.32. The van der Waals surface area contributed by atoms with Crippen molar-refractivity contribution in [2.75, 3.05) is 18.5 Å². The number of hydrogen-bond donors (Lipinski definition) is 2. The van der Waals surface area contributed by atoms with E-state index in [0.29, 0.717) is 10.3 Å². The number of anilines is 1. The minimum absolute atomic E-state index is 0.176. The van der Waals surface area contributed by atoms with Crippen LogP contribution in [0.1, 0.15) is 6.92 Å². The average Bonchev–Trinajstić information content (AvgIpc) is 2.30. The molecule has 1 aromatic heterocycles. The molecule has 6 nitrogen and oxygen atoms in total. The summed E-state index contributed by atoms with van der Waals surface area (Å²) >= 11 is 3.23. The van der Waals surface area contributed by atoms with Crippen LogP contribution < -0.4 is 10.6 Å². The normalized spacial score (nSPS) is 9.53. The summed E-state index contributed by atoms with van der Waals surface area (Å²) in [6.07, 6.45) is 1.55. The fourth-order valence-electron chi connectivity index (χ4n) is 0.994. The molecule has 2 N–H and O–H groups in total. The molecular formula is C10H12BrN3O3. The van der Waals surface area contributed by atoms with E-state index >= 15 is 0 Å². The van der Waals surface area contributed by atoms with Crippen LogP contribution in [-0.4, -0.2) is 30.1 Å². The number of carbonyl (C=O) groups excluding carboxylic acids is 2. The smallest absolute Gasteiger partial charge is 0.325 e. The van der Waals surface area contributed by atoms with Gasteiger partial charge in [-0.3, -0.25) is 10.1 Å². The first-order valence-corrected chi connectivity index (χ1v) is 5.73. The molecule has 0 saturated carbocycles. The van der Waals surface area contributed by atoms with E-state index in [1.165, 1.54) is 0 Å². The maximum absolute atomic E-state index is 11.4. The van der Waals surface area contributed by atoms with Crippen LogP contribution in [0.2, 0.25) is 0 Å². The molecule has 1 heterocycles. The fourth-order valence-corrected chi connectivity index (χ4v) is 1.35. The molecule has 1 aromatic rings. The molecule has 0 aromatic carbocycles. The molecule has 0 saturated heterocycles. The topological polar surface area (TPSA) is 80.3 Å². The lowest BCUT2D eigenvalue weighted by molar-refractivity contribution is -0.141.